The second-order valence-corrected chi connectivity index (χ2v) is 8.55. The zero-order valence-corrected chi connectivity index (χ0v) is 19.2. The van der Waals surface area contributed by atoms with E-state index in [-0.39, 0.29) is 22.0 Å². The minimum absolute atomic E-state index is 0.101. The molecule has 0 N–H and O–H groups in total. The highest BCUT2D eigenvalue weighted by atomic mass is 35.5. The maximum atomic E-state index is 14.1. The number of halogens is 2. The molecule has 2 amide bonds. The van der Waals surface area contributed by atoms with Gasteiger partial charge < -0.3 is 9.47 Å². The highest BCUT2D eigenvalue weighted by molar-refractivity contribution is 8.18. The molecule has 8 heteroatoms. The summed E-state index contributed by atoms with van der Waals surface area (Å²) in [6.07, 6.45) is 1.60. The van der Waals surface area contributed by atoms with Gasteiger partial charge in [-0.1, -0.05) is 54.1 Å². The van der Waals surface area contributed by atoms with Gasteiger partial charge in [-0.2, -0.15) is 0 Å². The van der Waals surface area contributed by atoms with Crippen molar-refractivity contribution in [2.24, 2.45) is 0 Å². The van der Waals surface area contributed by atoms with Gasteiger partial charge >= 0.3 is 0 Å². The van der Waals surface area contributed by atoms with Crippen molar-refractivity contribution in [3.8, 4) is 11.5 Å². The molecular formula is C25H19ClFNO4S. The van der Waals surface area contributed by atoms with Gasteiger partial charge in [-0.25, -0.2) is 4.39 Å². The Bertz CT molecular complexity index is 1210. The number of nitrogens with zero attached hydrogens (tertiary/aromatic N) is 1. The number of rotatable bonds is 7. The summed E-state index contributed by atoms with van der Waals surface area (Å²) in [7, 11) is 1.55. The minimum atomic E-state index is -0.569. The average molecular weight is 484 g/mol. The standard InChI is InChI=1S/C25H19ClFNO4S/c1-31-21-11-10-17(12-22(21)32-15-16-6-3-2-4-7-16)13-23-24(29)28(25(30)33-23)14-18-19(26)8-5-9-20(18)27/h2-13H,14-15H2,1H3/b23-13-. The fraction of sp³-hybridized carbons (Fsp3) is 0.120. The first-order valence-electron chi connectivity index (χ1n) is 9.99. The van der Waals surface area contributed by atoms with Crippen LogP contribution in [0.2, 0.25) is 5.02 Å². The van der Waals surface area contributed by atoms with Gasteiger partial charge in [-0.15, -0.1) is 0 Å². The molecule has 33 heavy (non-hydrogen) atoms. The van der Waals surface area contributed by atoms with Gasteiger partial charge in [0.2, 0.25) is 0 Å². The number of ether oxygens (including phenoxy) is 2. The molecule has 0 atom stereocenters. The molecule has 0 aliphatic carbocycles. The SMILES string of the molecule is COc1ccc(/C=C2\SC(=O)N(Cc3c(F)cccc3Cl)C2=O)cc1OCc1ccccc1. The summed E-state index contributed by atoms with van der Waals surface area (Å²) < 4.78 is 25.4. The first kappa shape index (κ1) is 22.9. The zero-order chi connectivity index (χ0) is 23.4. The highest BCUT2D eigenvalue weighted by Crippen LogP contribution is 2.36. The zero-order valence-electron chi connectivity index (χ0n) is 17.6. The van der Waals surface area contributed by atoms with E-state index in [1.807, 2.05) is 30.3 Å². The van der Waals surface area contributed by atoms with Crippen molar-refractivity contribution >= 4 is 40.6 Å². The normalized spacial score (nSPS) is 14.8. The number of benzene rings is 3. The van der Waals surface area contributed by atoms with Crippen LogP contribution in [0, 0.1) is 5.82 Å². The van der Waals surface area contributed by atoms with Gasteiger partial charge in [0.05, 0.1) is 18.6 Å². The van der Waals surface area contributed by atoms with Crippen LogP contribution in [0.4, 0.5) is 9.18 Å². The van der Waals surface area contributed by atoms with E-state index in [9.17, 15) is 14.0 Å². The van der Waals surface area contributed by atoms with Crippen molar-refractivity contribution in [3.63, 3.8) is 0 Å². The lowest BCUT2D eigenvalue weighted by Crippen LogP contribution is -2.28. The predicted molar refractivity (Wildman–Crippen MR) is 127 cm³/mol. The second-order valence-electron chi connectivity index (χ2n) is 7.15. The molecule has 1 aliphatic rings. The third-order valence-electron chi connectivity index (χ3n) is 4.97. The maximum absolute atomic E-state index is 14.1. The van der Waals surface area contributed by atoms with E-state index < -0.39 is 17.0 Å². The molecule has 1 aliphatic heterocycles. The molecule has 5 nitrogen and oxygen atoms in total. The summed E-state index contributed by atoms with van der Waals surface area (Å²) in [6.45, 7) is 0.113. The van der Waals surface area contributed by atoms with Gasteiger partial charge in [0.25, 0.3) is 11.1 Å². The van der Waals surface area contributed by atoms with Gasteiger partial charge in [-0.3, -0.25) is 14.5 Å². The molecule has 0 spiro atoms. The molecule has 4 rings (SSSR count). The third kappa shape index (κ3) is 5.21. The first-order valence-corrected chi connectivity index (χ1v) is 11.2. The number of imide groups is 1. The van der Waals surface area contributed by atoms with Crippen LogP contribution in [-0.2, 0) is 17.9 Å². The fourth-order valence-corrected chi connectivity index (χ4v) is 4.32. The first-order chi connectivity index (χ1) is 16.0. The summed E-state index contributed by atoms with van der Waals surface area (Å²) in [5, 5.41) is -0.326. The summed E-state index contributed by atoms with van der Waals surface area (Å²) in [5.74, 6) is -0.0226. The largest absolute Gasteiger partial charge is 0.493 e. The molecule has 168 valence electrons. The lowest BCUT2D eigenvalue weighted by Gasteiger charge is -2.14. The van der Waals surface area contributed by atoms with E-state index in [2.05, 4.69) is 0 Å². The molecule has 1 fully saturated rings. The smallest absolute Gasteiger partial charge is 0.293 e. The number of methoxy groups -OCH3 is 1. The van der Waals surface area contributed by atoms with Crippen molar-refractivity contribution in [2.45, 2.75) is 13.2 Å². The Morgan fingerprint density at radius 3 is 2.55 bits per heavy atom. The van der Waals surface area contributed by atoms with E-state index >= 15 is 0 Å². The van der Waals surface area contributed by atoms with Crippen LogP contribution >= 0.6 is 23.4 Å². The highest BCUT2D eigenvalue weighted by Gasteiger charge is 2.36. The van der Waals surface area contributed by atoms with Crippen LogP contribution in [0.15, 0.2) is 71.6 Å². The number of hydrogen-bond acceptors (Lipinski definition) is 5. The molecular weight excluding hydrogens is 465 g/mol. The molecule has 0 saturated carbocycles. The van der Waals surface area contributed by atoms with Gasteiger partial charge in [0.15, 0.2) is 11.5 Å². The molecule has 1 heterocycles. The lowest BCUT2D eigenvalue weighted by atomic mass is 10.1. The summed E-state index contributed by atoms with van der Waals surface area (Å²) in [6, 6.07) is 19.1. The van der Waals surface area contributed by atoms with Crippen molar-refractivity contribution in [1.82, 2.24) is 4.90 Å². The van der Waals surface area contributed by atoms with E-state index in [1.165, 1.54) is 18.2 Å². The Labute approximate surface area is 199 Å². The van der Waals surface area contributed by atoms with Crippen molar-refractivity contribution in [1.29, 1.82) is 0 Å². The number of thioether (sulfide) groups is 1. The summed E-state index contributed by atoms with van der Waals surface area (Å²) in [4.78, 5) is 26.5. The predicted octanol–water partition coefficient (Wildman–Crippen LogP) is 6.30. The lowest BCUT2D eigenvalue weighted by molar-refractivity contribution is -0.123. The van der Waals surface area contributed by atoms with Crippen LogP contribution < -0.4 is 9.47 Å². The van der Waals surface area contributed by atoms with Crippen molar-refractivity contribution in [2.75, 3.05) is 7.11 Å². The average Bonchev–Trinajstić information content (AvgIpc) is 3.08. The number of carbonyl (C=O) groups excluding carboxylic acids is 2. The van der Waals surface area contributed by atoms with Crippen LogP contribution in [-0.4, -0.2) is 23.2 Å². The Morgan fingerprint density at radius 2 is 1.82 bits per heavy atom. The van der Waals surface area contributed by atoms with Crippen molar-refractivity contribution in [3.05, 3.63) is 99.2 Å². The van der Waals surface area contributed by atoms with Gasteiger partial charge in [0.1, 0.15) is 12.4 Å². The molecule has 0 bridgehead atoms. The van der Waals surface area contributed by atoms with E-state index in [1.54, 1.807) is 31.4 Å². The molecule has 0 unspecified atom stereocenters. The maximum Gasteiger partial charge on any atom is 0.293 e. The van der Waals surface area contributed by atoms with Crippen molar-refractivity contribution < 1.29 is 23.5 Å². The number of hydrogen-bond donors (Lipinski definition) is 0. The Balaban J connectivity index is 1.54. The fourth-order valence-electron chi connectivity index (χ4n) is 3.26. The molecule has 3 aromatic carbocycles. The Kier molecular flexibility index (Phi) is 7.01. The third-order valence-corrected chi connectivity index (χ3v) is 6.24. The monoisotopic (exact) mass is 483 g/mol. The molecule has 3 aromatic rings. The summed E-state index contributed by atoms with van der Waals surface area (Å²) >= 11 is 6.85. The van der Waals surface area contributed by atoms with Crippen LogP contribution in [0.1, 0.15) is 16.7 Å². The van der Waals surface area contributed by atoms with Crippen LogP contribution in [0.25, 0.3) is 6.08 Å². The Morgan fingerprint density at radius 1 is 1.03 bits per heavy atom. The van der Waals surface area contributed by atoms with E-state index in [0.29, 0.717) is 23.7 Å². The van der Waals surface area contributed by atoms with Crippen LogP contribution in [0.5, 0.6) is 11.5 Å². The number of carbonyl (C=O) groups is 2. The van der Waals surface area contributed by atoms with E-state index in [0.717, 1.165) is 22.2 Å². The Hall–Kier alpha value is -3.29. The topological polar surface area (TPSA) is 55.8 Å². The van der Waals surface area contributed by atoms with Gasteiger partial charge in [-0.05, 0) is 53.2 Å². The molecule has 1 saturated heterocycles. The molecule has 0 aromatic heterocycles. The molecule has 0 radical (unpaired) electrons. The van der Waals surface area contributed by atoms with Gasteiger partial charge in [0, 0.05) is 10.6 Å². The number of amides is 2. The van der Waals surface area contributed by atoms with Crippen LogP contribution in [0.3, 0.4) is 0 Å². The second kappa shape index (κ2) is 10.1. The minimum Gasteiger partial charge on any atom is -0.493 e. The van der Waals surface area contributed by atoms with E-state index in [4.69, 9.17) is 21.1 Å². The summed E-state index contributed by atoms with van der Waals surface area (Å²) in [5.41, 5.74) is 1.76. The quantitative estimate of drug-likeness (QED) is 0.369.